The number of carbonyl (C=O) groups excluding carboxylic acids is 1. The Hall–Kier alpha value is -1.92. The van der Waals surface area contributed by atoms with Crippen LogP contribution in [0.5, 0.6) is 0 Å². The summed E-state index contributed by atoms with van der Waals surface area (Å²) in [4.78, 5) is 17.6. The van der Waals surface area contributed by atoms with Gasteiger partial charge in [0.1, 0.15) is 5.01 Å². The molecule has 0 spiro atoms. The highest BCUT2D eigenvalue weighted by atomic mass is 32.1. The fourth-order valence-corrected chi connectivity index (χ4v) is 3.45. The van der Waals surface area contributed by atoms with Crippen molar-refractivity contribution in [2.24, 2.45) is 5.92 Å². The number of aromatic nitrogens is 1. The molecule has 0 saturated carbocycles. The van der Waals surface area contributed by atoms with Crippen molar-refractivity contribution in [3.8, 4) is 10.6 Å². The maximum atomic E-state index is 12.0. The number of amides is 2. The van der Waals surface area contributed by atoms with E-state index in [-0.39, 0.29) is 18.7 Å². The Balaban J connectivity index is 1.92. The SMILES string of the molecule is Cc1nc(-c2ccccc2)sc1CNC(=O)NC(CO)CC(C)C. The lowest BCUT2D eigenvalue weighted by atomic mass is 10.0. The Morgan fingerprint density at radius 2 is 2.00 bits per heavy atom. The highest BCUT2D eigenvalue weighted by Gasteiger charge is 2.14. The molecule has 0 fully saturated rings. The van der Waals surface area contributed by atoms with Gasteiger partial charge in [-0.3, -0.25) is 0 Å². The van der Waals surface area contributed by atoms with E-state index in [1.807, 2.05) is 37.3 Å². The highest BCUT2D eigenvalue weighted by molar-refractivity contribution is 7.15. The molecule has 2 aromatic rings. The Kier molecular flexibility index (Phi) is 6.75. The predicted molar refractivity (Wildman–Crippen MR) is 98.0 cm³/mol. The molecule has 1 atom stereocenters. The predicted octanol–water partition coefficient (Wildman–Crippen LogP) is 3.32. The molecule has 6 heteroatoms. The van der Waals surface area contributed by atoms with E-state index in [0.29, 0.717) is 12.5 Å². The first-order valence-electron chi connectivity index (χ1n) is 8.16. The van der Waals surface area contributed by atoms with Gasteiger partial charge in [-0.25, -0.2) is 9.78 Å². The first-order valence-corrected chi connectivity index (χ1v) is 8.98. The molecule has 1 unspecified atom stereocenters. The monoisotopic (exact) mass is 347 g/mol. The van der Waals surface area contributed by atoms with Crippen molar-refractivity contribution < 1.29 is 9.90 Å². The van der Waals surface area contributed by atoms with Crippen LogP contribution in [-0.2, 0) is 6.54 Å². The van der Waals surface area contributed by atoms with Crippen molar-refractivity contribution in [3.05, 3.63) is 40.9 Å². The van der Waals surface area contributed by atoms with Gasteiger partial charge in [-0.15, -0.1) is 11.3 Å². The average molecular weight is 347 g/mol. The third kappa shape index (κ3) is 5.32. The van der Waals surface area contributed by atoms with Crippen LogP contribution in [0.3, 0.4) is 0 Å². The molecule has 1 aromatic heterocycles. The van der Waals surface area contributed by atoms with Gasteiger partial charge < -0.3 is 15.7 Å². The van der Waals surface area contributed by atoms with E-state index in [1.54, 1.807) is 11.3 Å². The fourth-order valence-electron chi connectivity index (χ4n) is 2.44. The van der Waals surface area contributed by atoms with Gasteiger partial charge in [-0.2, -0.15) is 0 Å². The Morgan fingerprint density at radius 1 is 1.29 bits per heavy atom. The van der Waals surface area contributed by atoms with Gasteiger partial charge in [-0.05, 0) is 19.3 Å². The number of hydrogen-bond donors (Lipinski definition) is 3. The molecule has 0 aliphatic carbocycles. The summed E-state index contributed by atoms with van der Waals surface area (Å²) in [6.07, 6.45) is 0.752. The number of benzene rings is 1. The van der Waals surface area contributed by atoms with Crippen LogP contribution < -0.4 is 10.6 Å². The minimum atomic E-state index is -0.260. The third-order valence-electron chi connectivity index (χ3n) is 3.63. The zero-order chi connectivity index (χ0) is 17.5. The van der Waals surface area contributed by atoms with Crippen LogP contribution in [0.25, 0.3) is 10.6 Å². The number of aryl methyl sites for hydroxylation is 1. The molecule has 0 bridgehead atoms. The van der Waals surface area contributed by atoms with Crippen molar-refractivity contribution >= 4 is 17.4 Å². The van der Waals surface area contributed by atoms with Crippen molar-refractivity contribution in [1.29, 1.82) is 0 Å². The molecule has 2 amide bonds. The van der Waals surface area contributed by atoms with Gasteiger partial charge >= 0.3 is 6.03 Å². The van der Waals surface area contributed by atoms with Crippen molar-refractivity contribution in [3.63, 3.8) is 0 Å². The Bertz CT molecular complexity index is 656. The number of aliphatic hydroxyl groups excluding tert-OH is 1. The second-order valence-corrected chi connectivity index (χ2v) is 7.31. The summed E-state index contributed by atoms with van der Waals surface area (Å²) in [6, 6.07) is 9.53. The maximum Gasteiger partial charge on any atom is 0.315 e. The van der Waals surface area contributed by atoms with Crippen LogP contribution in [-0.4, -0.2) is 28.8 Å². The molecule has 0 aliphatic heterocycles. The Morgan fingerprint density at radius 3 is 2.62 bits per heavy atom. The molecule has 1 heterocycles. The van der Waals surface area contributed by atoms with Gasteiger partial charge in [-0.1, -0.05) is 44.2 Å². The molecule has 0 saturated heterocycles. The summed E-state index contributed by atoms with van der Waals surface area (Å²) in [6.45, 7) is 6.46. The summed E-state index contributed by atoms with van der Waals surface area (Å²) in [5.74, 6) is 0.416. The van der Waals surface area contributed by atoms with Crippen LogP contribution in [0.1, 0.15) is 30.8 Å². The fraction of sp³-hybridized carbons (Fsp3) is 0.444. The van der Waals surface area contributed by atoms with E-state index in [4.69, 9.17) is 0 Å². The molecule has 130 valence electrons. The Labute approximate surface area is 147 Å². The lowest BCUT2D eigenvalue weighted by Gasteiger charge is -2.18. The van der Waals surface area contributed by atoms with Crippen LogP contribution in [0.4, 0.5) is 4.79 Å². The summed E-state index contributed by atoms with van der Waals surface area (Å²) in [5.41, 5.74) is 2.01. The zero-order valence-corrected chi connectivity index (χ0v) is 15.2. The maximum absolute atomic E-state index is 12.0. The molecule has 3 N–H and O–H groups in total. The third-order valence-corrected chi connectivity index (χ3v) is 4.84. The molecule has 0 radical (unpaired) electrons. The van der Waals surface area contributed by atoms with Crippen molar-refractivity contribution in [2.75, 3.05) is 6.61 Å². The lowest BCUT2D eigenvalue weighted by molar-refractivity contribution is 0.207. The van der Waals surface area contributed by atoms with E-state index in [1.165, 1.54) is 0 Å². The number of carbonyl (C=O) groups is 1. The van der Waals surface area contributed by atoms with Gasteiger partial charge in [0.05, 0.1) is 24.9 Å². The molecule has 2 rings (SSSR count). The second kappa shape index (κ2) is 8.80. The van der Waals surface area contributed by atoms with E-state index < -0.39 is 0 Å². The highest BCUT2D eigenvalue weighted by Crippen LogP contribution is 2.27. The summed E-state index contributed by atoms with van der Waals surface area (Å²) < 4.78 is 0. The standard InChI is InChI=1S/C18H25N3O2S/c1-12(2)9-15(11-22)21-18(23)19-10-16-13(3)20-17(24-16)14-7-5-4-6-8-14/h4-8,12,15,22H,9-11H2,1-3H3,(H2,19,21,23). The molecule has 24 heavy (non-hydrogen) atoms. The van der Waals surface area contributed by atoms with Crippen LogP contribution in [0.15, 0.2) is 30.3 Å². The minimum Gasteiger partial charge on any atom is -0.394 e. The summed E-state index contributed by atoms with van der Waals surface area (Å²) in [7, 11) is 0. The smallest absolute Gasteiger partial charge is 0.315 e. The summed E-state index contributed by atoms with van der Waals surface area (Å²) >= 11 is 1.59. The van der Waals surface area contributed by atoms with E-state index in [0.717, 1.165) is 27.6 Å². The molecule has 1 aromatic carbocycles. The first kappa shape index (κ1) is 18.4. The van der Waals surface area contributed by atoms with Gasteiger partial charge in [0.25, 0.3) is 0 Å². The number of nitrogens with zero attached hydrogens (tertiary/aromatic N) is 1. The molecule has 0 aliphatic rings. The van der Waals surface area contributed by atoms with Gasteiger partial charge in [0.15, 0.2) is 0 Å². The minimum absolute atomic E-state index is 0.0522. The quantitative estimate of drug-likeness (QED) is 0.719. The molecular formula is C18H25N3O2S. The van der Waals surface area contributed by atoms with Crippen LogP contribution in [0.2, 0.25) is 0 Å². The largest absolute Gasteiger partial charge is 0.394 e. The van der Waals surface area contributed by atoms with E-state index >= 15 is 0 Å². The van der Waals surface area contributed by atoms with E-state index in [2.05, 4.69) is 29.5 Å². The van der Waals surface area contributed by atoms with Gasteiger partial charge in [0.2, 0.25) is 0 Å². The summed E-state index contributed by atoms with van der Waals surface area (Å²) in [5, 5.41) is 16.0. The average Bonchev–Trinajstić information content (AvgIpc) is 2.93. The van der Waals surface area contributed by atoms with Crippen LogP contribution in [0, 0.1) is 12.8 Å². The van der Waals surface area contributed by atoms with E-state index in [9.17, 15) is 9.90 Å². The number of nitrogens with one attached hydrogen (secondary N) is 2. The number of urea groups is 1. The van der Waals surface area contributed by atoms with Crippen molar-refractivity contribution in [1.82, 2.24) is 15.6 Å². The number of hydrogen-bond acceptors (Lipinski definition) is 4. The second-order valence-electron chi connectivity index (χ2n) is 6.23. The number of thiazole rings is 1. The normalized spacial score (nSPS) is 12.2. The lowest BCUT2D eigenvalue weighted by Crippen LogP contribution is -2.44. The number of rotatable bonds is 7. The molecular weight excluding hydrogens is 322 g/mol. The van der Waals surface area contributed by atoms with Crippen LogP contribution >= 0.6 is 11.3 Å². The zero-order valence-electron chi connectivity index (χ0n) is 14.4. The number of aliphatic hydroxyl groups is 1. The van der Waals surface area contributed by atoms with Gasteiger partial charge in [0, 0.05) is 10.4 Å². The first-order chi connectivity index (χ1) is 11.5. The topological polar surface area (TPSA) is 74.2 Å². The van der Waals surface area contributed by atoms with Crippen molar-refractivity contribution in [2.45, 2.75) is 39.8 Å². The molecule has 5 nitrogen and oxygen atoms in total.